The van der Waals surface area contributed by atoms with Gasteiger partial charge < -0.3 is 19.4 Å². The van der Waals surface area contributed by atoms with Crippen LogP contribution in [0.1, 0.15) is 10.5 Å². The van der Waals surface area contributed by atoms with Gasteiger partial charge in [-0.05, 0) is 18.2 Å². The Labute approximate surface area is 121 Å². The van der Waals surface area contributed by atoms with Crippen molar-refractivity contribution in [1.29, 1.82) is 0 Å². The van der Waals surface area contributed by atoms with Crippen LogP contribution in [0.15, 0.2) is 18.2 Å². The molecule has 0 aliphatic carbocycles. The molecule has 6 heteroatoms. The first-order chi connectivity index (χ1) is 9.72. The van der Waals surface area contributed by atoms with Crippen molar-refractivity contribution < 1.29 is 14.3 Å². The van der Waals surface area contributed by atoms with Gasteiger partial charge in [-0.15, -0.1) is 0 Å². The van der Waals surface area contributed by atoms with E-state index >= 15 is 0 Å². The smallest absolute Gasteiger partial charge is 0.268 e. The largest absolute Gasteiger partial charge is 0.490 e. The summed E-state index contributed by atoms with van der Waals surface area (Å²) in [6, 6.07) is 5.45. The third kappa shape index (κ3) is 2.13. The van der Waals surface area contributed by atoms with Gasteiger partial charge >= 0.3 is 0 Å². The average molecular weight is 295 g/mol. The van der Waals surface area contributed by atoms with Crippen molar-refractivity contribution in [1.82, 2.24) is 9.88 Å². The second-order valence-electron chi connectivity index (χ2n) is 4.59. The molecule has 2 aromatic rings. The van der Waals surface area contributed by atoms with Crippen LogP contribution in [0.3, 0.4) is 0 Å². The molecule has 1 amide bonds. The molecular formula is C14H15ClN2O3. The lowest BCUT2D eigenvalue weighted by atomic mass is 10.2. The van der Waals surface area contributed by atoms with Crippen LogP contribution in [-0.4, -0.2) is 37.3 Å². The normalized spacial score (nSPS) is 13.3. The summed E-state index contributed by atoms with van der Waals surface area (Å²) in [5, 5.41) is 4.30. The Kier molecular flexibility index (Phi) is 3.54. The first-order valence-corrected chi connectivity index (χ1v) is 6.82. The zero-order valence-corrected chi connectivity index (χ0v) is 11.9. The van der Waals surface area contributed by atoms with E-state index in [0.29, 0.717) is 37.0 Å². The van der Waals surface area contributed by atoms with E-state index in [1.165, 1.54) is 0 Å². The number of ether oxygens (including phenoxy) is 2. The fourth-order valence-electron chi connectivity index (χ4n) is 2.46. The number of carbonyl (C=O) groups is 1. The Morgan fingerprint density at radius 3 is 3.20 bits per heavy atom. The zero-order chi connectivity index (χ0) is 14.1. The van der Waals surface area contributed by atoms with Gasteiger partial charge in [-0.1, -0.05) is 11.6 Å². The van der Waals surface area contributed by atoms with Gasteiger partial charge in [0.15, 0.2) is 0 Å². The lowest BCUT2D eigenvalue weighted by Crippen LogP contribution is -2.30. The molecule has 1 N–H and O–H groups in total. The highest BCUT2D eigenvalue weighted by molar-refractivity contribution is 6.36. The number of rotatable bonds is 4. The van der Waals surface area contributed by atoms with Gasteiger partial charge in [0.1, 0.15) is 18.1 Å². The average Bonchev–Trinajstić information content (AvgIpc) is 2.85. The molecule has 0 bridgehead atoms. The molecule has 5 nitrogen and oxygen atoms in total. The molecule has 1 aromatic heterocycles. The number of nitrogens with zero attached hydrogens (tertiary/aromatic N) is 1. The summed E-state index contributed by atoms with van der Waals surface area (Å²) >= 11 is 6.21. The number of benzene rings is 1. The number of hydrogen-bond donors (Lipinski definition) is 1. The van der Waals surface area contributed by atoms with Crippen LogP contribution >= 0.6 is 11.6 Å². The van der Waals surface area contributed by atoms with E-state index in [1.807, 2.05) is 16.7 Å². The Morgan fingerprint density at radius 1 is 1.55 bits per heavy atom. The zero-order valence-electron chi connectivity index (χ0n) is 11.1. The number of halogens is 1. The van der Waals surface area contributed by atoms with Crippen molar-refractivity contribution in [2.24, 2.45) is 0 Å². The second-order valence-corrected chi connectivity index (χ2v) is 4.99. The molecule has 2 heterocycles. The second kappa shape index (κ2) is 5.34. The van der Waals surface area contributed by atoms with E-state index in [-0.39, 0.29) is 5.91 Å². The van der Waals surface area contributed by atoms with E-state index in [0.717, 1.165) is 16.7 Å². The number of aromatic nitrogens is 1. The van der Waals surface area contributed by atoms with E-state index in [9.17, 15) is 4.79 Å². The fourth-order valence-corrected chi connectivity index (χ4v) is 2.66. The minimum Gasteiger partial charge on any atom is -0.490 e. The van der Waals surface area contributed by atoms with Gasteiger partial charge in [-0.2, -0.15) is 0 Å². The monoisotopic (exact) mass is 294 g/mol. The maximum absolute atomic E-state index is 12.2. The maximum atomic E-state index is 12.2. The molecule has 1 aliphatic heterocycles. The van der Waals surface area contributed by atoms with Crippen molar-refractivity contribution in [2.75, 3.05) is 26.9 Å². The molecular weight excluding hydrogens is 280 g/mol. The van der Waals surface area contributed by atoms with Crippen LogP contribution in [0.2, 0.25) is 5.02 Å². The van der Waals surface area contributed by atoms with Crippen molar-refractivity contribution in [3.05, 3.63) is 28.9 Å². The first-order valence-electron chi connectivity index (χ1n) is 6.44. The Hall–Kier alpha value is -1.72. The molecule has 0 spiro atoms. The number of amides is 1. The minimum atomic E-state index is -0.123. The van der Waals surface area contributed by atoms with Gasteiger partial charge in [-0.3, -0.25) is 4.79 Å². The van der Waals surface area contributed by atoms with Crippen molar-refractivity contribution >= 4 is 28.4 Å². The van der Waals surface area contributed by atoms with Gasteiger partial charge in [0.05, 0.1) is 23.7 Å². The molecule has 0 saturated carbocycles. The SMILES string of the molecule is COCCNC(=O)c1cc2c(Cl)ccc3c2n1CCO3. The third-order valence-electron chi connectivity index (χ3n) is 3.37. The summed E-state index contributed by atoms with van der Waals surface area (Å²) in [6.07, 6.45) is 0. The van der Waals surface area contributed by atoms with E-state index in [2.05, 4.69) is 5.32 Å². The van der Waals surface area contributed by atoms with Gasteiger partial charge in [-0.25, -0.2) is 0 Å². The summed E-state index contributed by atoms with van der Waals surface area (Å²) < 4.78 is 12.5. The van der Waals surface area contributed by atoms with Crippen molar-refractivity contribution in [2.45, 2.75) is 6.54 Å². The highest BCUT2D eigenvalue weighted by atomic mass is 35.5. The Balaban J connectivity index is 2.02. The predicted molar refractivity (Wildman–Crippen MR) is 76.7 cm³/mol. The summed E-state index contributed by atoms with van der Waals surface area (Å²) in [6.45, 7) is 2.16. The number of hydrogen-bond acceptors (Lipinski definition) is 3. The lowest BCUT2D eigenvalue weighted by molar-refractivity contribution is 0.0926. The maximum Gasteiger partial charge on any atom is 0.268 e. The predicted octanol–water partition coefficient (Wildman–Crippen LogP) is 2.06. The molecule has 0 fully saturated rings. The van der Waals surface area contributed by atoms with Gasteiger partial charge in [0.2, 0.25) is 0 Å². The first kappa shape index (κ1) is 13.3. The van der Waals surface area contributed by atoms with Crippen LogP contribution in [0, 0.1) is 0 Å². The lowest BCUT2D eigenvalue weighted by Gasteiger charge is -2.19. The summed E-state index contributed by atoms with van der Waals surface area (Å²) in [5.41, 5.74) is 1.49. The molecule has 0 atom stereocenters. The van der Waals surface area contributed by atoms with Crippen LogP contribution in [0.25, 0.3) is 10.9 Å². The highest BCUT2D eigenvalue weighted by Crippen LogP contribution is 2.36. The molecule has 0 radical (unpaired) electrons. The van der Waals surface area contributed by atoms with Crippen LogP contribution in [0.5, 0.6) is 5.75 Å². The van der Waals surface area contributed by atoms with Crippen molar-refractivity contribution in [3.63, 3.8) is 0 Å². The fraction of sp³-hybridized carbons (Fsp3) is 0.357. The van der Waals surface area contributed by atoms with E-state index < -0.39 is 0 Å². The standard InChI is InChI=1S/C14H15ClN2O3/c1-19-6-4-16-14(18)11-8-9-10(15)2-3-12-13(9)17(11)5-7-20-12/h2-3,8H,4-7H2,1H3,(H,16,18). The Morgan fingerprint density at radius 2 is 2.40 bits per heavy atom. The summed E-state index contributed by atoms with van der Waals surface area (Å²) in [5.74, 6) is 0.647. The summed E-state index contributed by atoms with van der Waals surface area (Å²) in [4.78, 5) is 12.2. The topological polar surface area (TPSA) is 52.5 Å². The van der Waals surface area contributed by atoms with Gasteiger partial charge in [0, 0.05) is 19.0 Å². The molecule has 20 heavy (non-hydrogen) atoms. The van der Waals surface area contributed by atoms with Crippen LogP contribution in [-0.2, 0) is 11.3 Å². The molecule has 0 unspecified atom stereocenters. The van der Waals surface area contributed by atoms with E-state index in [4.69, 9.17) is 21.1 Å². The van der Waals surface area contributed by atoms with Crippen LogP contribution < -0.4 is 10.1 Å². The Bertz CT molecular complexity index is 666. The van der Waals surface area contributed by atoms with Crippen LogP contribution in [0.4, 0.5) is 0 Å². The third-order valence-corrected chi connectivity index (χ3v) is 3.70. The minimum absolute atomic E-state index is 0.123. The molecule has 1 aromatic carbocycles. The molecule has 3 rings (SSSR count). The molecule has 106 valence electrons. The van der Waals surface area contributed by atoms with E-state index in [1.54, 1.807) is 13.2 Å². The summed E-state index contributed by atoms with van der Waals surface area (Å²) in [7, 11) is 1.60. The number of nitrogens with one attached hydrogen (secondary N) is 1. The highest BCUT2D eigenvalue weighted by Gasteiger charge is 2.22. The number of carbonyl (C=O) groups excluding carboxylic acids is 1. The van der Waals surface area contributed by atoms with Crippen molar-refractivity contribution in [3.8, 4) is 5.75 Å². The number of methoxy groups -OCH3 is 1. The quantitative estimate of drug-likeness (QED) is 0.878. The molecule has 0 saturated heterocycles. The van der Waals surface area contributed by atoms with Gasteiger partial charge in [0.25, 0.3) is 5.91 Å². The molecule has 1 aliphatic rings.